The highest BCUT2D eigenvalue weighted by molar-refractivity contribution is 5.32. The molecule has 0 amide bonds. The number of hydrogen-bond donors (Lipinski definition) is 3. The van der Waals surface area contributed by atoms with Crippen molar-refractivity contribution in [3.05, 3.63) is 29.3 Å². The molecule has 5 heteroatoms. The zero-order chi connectivity index (χ0) is 10.9. The summed E-state index contributed by atoms with van der Waals surface area (Å²) in [4.78, 5) is 0. The minimum Gasteiger partial charge on any atom is -0.505 e. The van der Waals surface area contributed by atoms with Crippen molar-refractivity contribution in [3.63, 3.8) is 0 Å². The summed E-state index contributed by atoms with van der Waals surface area (Å²) in [6.07, 6.45) is -0.903. The minimum absolute atomic E-state index is 0.149. The number of aliphatic hydroxyl groups is 1. The van der Waals surface area contributed by atoms with Gasteiger partial charge >= 0.3 is 0 Å². The second-order valence-corrected chi connectivity index (χ2v) is 3.10. The van der Waals surface area contributed by atoms with E-state index < -0.39 is 29.5 Å². The van der Waals surface area contributed by atoms with Crippen LogP contribution in [-0.4, -0.2) is 16.3 Å². The highest BCUT2D eigenvalue weighted by atomic mass is 19.2. The van der Waals surface area contributed by atoms with Crippen molar-refractivity contribution in [3.8, 4) is 5.75 Å². The summed E-state index contributed by atoms with van der Waals surface area (Å²) >= 11 is 0. The van der Waals surface area contributed by atoms with Gasteiger partial charge in [0.25, 0.3) is 0 Å². The lowest BCUT2D eigenvalue weighted by Gasteiger charge is -2.15. The Labute approximate surface area is 79.8 Å². The molecule has 0 bridgehead atoms. The van der Waals surface area contributed by atoms with Gasteiger partial charge in [0.05, 0.1) is 12.1 Å². The molecule has 0 aliphatic heterocycles. The molecule has 3 nitrogen and oxygen atoms in total. The molecule has 14 heavy (non-hydrogen) atoms. The highest BCUT2D eigenvalue weighted by Crippen LogP contribution is 2.24. The van der Waals surface area contributed by atoms with Crippen LogP contribution in [0.25, 0.3) is 0 Å². The predicted octanol–water partition coefficient (Wildman–Crippen LogP) is 1.05. The fourth-order valence-corrected chi connectivity index (χ4v) is 1.07. The smallest absolute Gasteiger partial charge is 0.200 e. The van der Waals surface area contributed by atoms with Crippen molar-refractivity contribution in [2.45, 2.75) is 19.1 Å². The van der Waals surface area contributed by atoms with Crippen LogP contribution in [0.2, 0.25) is 0 Å². The van der Waals surface area contributed by atoms with E-state index in [2.05, 4.69) is 0 Å². The third kappa shape index (κ3) is 2.00. The standard InChI is InChI=1S/C9H11F2NO2/c1-4(13)9(12)5-2-6(10)8(11)7(14)3-5/h2-4,9,13-14H,12H2,1H3/t4-,9-/m1/s1. The molecular weight excluding hydrogens is 192 g/mol. The maximum atomic E-state index is 12.8. The Bertz CT molecular complexity index is 319. The monoisotopic (exact) mass is 203 g/mol. The van der Waals surface area contributed by atoms with Crippen LogP contribution in [-0.2, 0) is 0 Å². The Balaban J connectivity index is 3.12. The van der Waals surface area contributed by atoms with Crippen molar-refractivity contribution in [1.82, 2.24) is 0 Å². The number of aromatic hydroxyl groups is 1. The Hall–Kier alpha value is -1.20. The normalized spacial score (nSPS) is 15.2. The molecular formula is C9H11F2NO2. The van der Waals surface area contributed by atoms with E-state index in [0.717, 1.165) is 12.1 Å². The van der Waals surface area contributed by atoms with Crippen molar-refractivity contribution >= 4 is 0 Å². The van der Waals surface area contributed by atoms with Gasteiger partial charge in [0.15, 0.2) is 17.4 Å². The van der Waals surface area contributed by atoms with E-state index in [1.165, 1.54) is 6.92 Å². The van der Waals surface area contributed by atoms with Gasteiger partial charge in [0.2, 0.25) is 0 Å². The summed E-state index contributed by atoms with van der Waals surface area (Å²) in [6, 6.07) is 0.999. The third-order valence-corrected chi connectivity index (χ3v) is 1.94. The second kappa shape index (κ2) is 3.89. The first-order valence-electron chi connectivity index (χ1n) is 4.05. The van der Waals surface area contributed by atoms with Gasteiger partial charge in [-0.05, 0) is 24.6 Å². The number of aliphatic hydroxyl groups excluding tert-OH is 1. The summed E-state index contributed by atoms with van der Waals surface area (Å²) in [5.74, 6) is -3.31. The van der Waals surface area contributed by atoms with Gasteiger partial charge in [-0.15, -0.1) is 0 Å². The molecule has 0 aromatic heterocycles. The molecule has 0 unspecified atom stereocenters. The molecule has 78 valence electrons. The van der Waals surface area contributed by atoms with Crippen LogP contribution in [0.4, 0.5) is 8.78 Å². The van der Waals surface area contributed by atoms with E-state index in [0.29, 0.717) is 0 Å². The molecule has 0 heterocycles. The molecule has 0 saturated heterocycles. The van der Waals surface area contributed by atoms with Crippen molar-refractivity contribution < 1.29 is 19.0 Å². The van der Waals surface area contributed by atoms with Crippen LogP contribution >= 0.6 is 0 Å². The Kier molecular flexibility index (Phi) is 3.03. The fourth-order valence-electron chi connectivity index (χ4n) is 1.07. The van der Waals surface area contributed by atoms with Crippen LogP contribution in [0.5, 0.6) is 5.75 Å². The molecule has 0 aliphatic carbocycles. The van der Waals surface area contributed by atoms with Crippen LogP contribution in [0.1, 0.15) is 18.5 Å². The molecule has 1 aromatic rings. The van der Waals surface area contributed by atoms with Crippen molar-refractivity contribution in [2.75, 3.05) is 0 Å². The van der Waals surface area contributed by atoms with Crippen LogP contribution in [0.15, 0.2) is 12.1 Å². The number of benzene rings is 1. The molecule has 1 rings (SSSR count). The number of phenolic OH excluding ortho intramolecular Hbond substituents is 1. The summed E-state index contributed by atoms with van der Waals surface area (Å²) in [5, 5.41) is 18.1. The number of phenols is 1. The van der Waals surface area contributed by atoms with E-state index in [1.54, 1.807) is 0 Å². The largest absolute Gasteiger partial charge is 0.505 e. The predicted molar refractivity (Wildman–Crippen MR) is 46.6 cm³/mol. The molecule has 0 spiro atoms. The van der Waals surface area contributed by atoms with Gasteiger partial charge in [-0.2, -0.15) is 4.39 Å². The van der Waals surface area contributed by atoms with Gasteiger partial charge in [-0.1, -0.05) is 0 Å². The van der Waals surface area contributed by atoms with Gasteiger partial charge in [-0.25, -0.2) is 4.39 Å². The van der Waals surface area contributed by atoms with E-state index in [1.807, 2.05) is 0 Å². The third-order valence-electron chi connectivity index (χ3n) is 1.94. The summed E-state index contributed by atoms with van der Waals surface area (Å²) in [6.45, 7) is 1.42. The first-order valence-corrected chi connectivity index (χ1v) is 4.05. The maximum Gasteiger partial charge on any atom is 0.200 e. The second-order valence-electron chi connectivity index (χ2n) is 3.10. The summed E-state index contributed by atoms with van der Waals surface area (Å²) in [5.41, 5.74) is 5.62. The van der Waals surface area contributed by atoms with Gasteiger partial charge < -0.3 is 15.9 Å². The van der Waals surface area contributed by atoms with Gasteiger partial charge in [0, 0.05) is 0 Å². The topological polar surface area (TPSA) is 66.5 Å². The van der Waals surface area contributed by atoms with Crippen LogP contribution in [0.3, 0.4) is 0 Å². The average Bonchev–Trinajstić information content (AvgIpc) is 2.12. The van der Waals surface area contributed by atoms with E-state index >= 15 is 0 Å². The van der Waals surface area contributed by atoms with E-state index in [9.17, 15) is 8.78 Å². The Morgan fingerprint density at radius 3 is 2.36 bits per heavy atom. The zero-order valence-corrected chi connectivity index (χ0v) is 7.54. The number of rotatable bonds is 2. The van der Waals surface area contributed by atoms with Crippen LogP contribution < -0.4 is 5.73 Å². The number of nitrogens with two attached hydrogens (primary N) is 1. The molecule has 2 atom stereocenters. The van der Waals surface area contributed by atoms with Crippen LogP contribution in [0, 0.1) is 11.6 Å². The number of hydrogen-bond acceptors (Lipinski definition) is 3. The lowest BCUT2D eigenvalue weighted by Crippen LogP contribution is -2.23. The minimum atomic E-state index is -1.31. The molecule has 1 aromatic carbocycles. The molecule has 0 fully saturated rings. The molecule has 0 saturated carbocycles. The fraction of sp³-hybridized carbons (Fsp3) is 0.333. The van der Waals surface area contributed by atoms with Gasteiger partial charge in [0.1, 0.15) is 0 Å². The highest BCUT2D eigenvalue weighted by Gasteiger charge is 2.17. The molecule has 0 radical (unpaired) electrons. The van der Waals surface area contributed by atoms with E-state index in [-0.39, 0.29) is 5.56 Å². The van der Waals surface area contributed by atoms with Gasteiger partial charge in [-0.3, -0.25) is 0 Å². The number of halogens is 2. The quantitative estimate of drug-likeness (QED) is 0.673. The first-order chi connectivity index (χ1) is 6.43. The Morgan fingerprint density at radius 2 is 1.93 bits per heavy atom. The SMILES string of the molecule is C[C@@H](O)[C@@H](N)c1cc(O)c(F)c(F)c1. The zero-order valence-electron chi connectivity index (χ0n) is 7.54. The summed E-state index contributed by atoms with van der Waals surface area (Å²) < 4.78 is 25.4. The van der Waals surface area contributed by atoms with E-state index in [4.69, 9.17) is 15.9 Å². The maximum absolute atomic E-state index is 12.8. The van der Waals surface area contributed by atoms with Crippen molar-refractivity contribution in [1.29, 1.82) is 0 Å². The molecule has 4 N–H and O–H groups in total. The lowest BCUT2D eigenvalue weighted by atomic mass is 10.0. The summed E-state index contributed by atoms with van der Waals surface area (Å²) in [7, 11) is 0. The molecule has 0 aliphatic rings. The average molecular weight is 203 g/mol. The van der Waals surface area contributed by atoms with Crippen molar-refractivity contribution in [2.24, 2.45) is 5.73 Å². The first kappa shape index (κ1) is 10.9. The Morgan fingerprint density at radius 1 is 1.36 bits per heavy atom. The lowest BCUT2D eigenvalue weighted by molar-refractivity contribution is 0.164.